The van der Waals surface area contributed by atoms with Crippen LogP contribution in [-0.4, -0.2) is 30.6 Å². The number of hydrogen-bond acceptors (Lipinski definition) is 5. The molecular weight excluding hydrogens is 406 g/mol. The average Bonchev–Trinajstić information content (AvgIpc) is 3.39. The number of ether oxygens (including phenoxy) is 1. The van der Waals surface area contributed by atoms with Gasteiger partial charge >= 0.3 is 6.09 Å². The van der Waals surface area contributed by atoms with Gasteiger partial charge in [0.25, 0.3) is 0 Å². The molecule has 1 aromatic heterocycles. The molecule has 8 heteroatoms. The van der Waals surface area contributed by atoms with Crippen molar-refractivity contribution in [3.8, 4) is 11.3 Å². The number of benzene rings is 2. The minimum absolute atomic E-state index is 0.135. The van der Waals surface area contributed by atoms with Crippen molar-refractivity contribution in [2.24, 2.45) is 0 Å². The van der Waals surface area contributed by atoms with Crippen LogP contribution in [-0.2, 0) is 22.4 Å². The molecule has 0 bridgehead atoms. The third kappa shape index (κ3) is 4.31. The van der Waals surface area contributed by atoms with E-state index in [1.807, 2.05) is 24.3 Å². The molecule has 2 heterocycles. The zero-order valence-corrected chi connectivity index (χ0v) is 17.1. The predicted molar refractivity (Wildman–Crippen MR) is 114 cm³/mol. The standard InChI is InChI=1S/C22H20ClN3O4/c1-29-22(28)26-11-10-15-12-17(6-7-18(15)26)25-20(27)8-9-21-24-13-19(30-21)14-2-4-16(23)5-3-14/h2-7,12-13H,8-11H2,1H3,(H,25,27). The molecule has 2 amide bonds. The highest BCUT2D eigenvalue weighted by molar-refractivity contribution is 6.30. The second-order valence-electron chi connectivity index (χ2n) is 6.89. The number of carbonyl (C=O) groups is 2. The van der Waals surface area contributed by atoms with E-state index in [4.69, 9.17) is 20.8 Å². The molecule has 0 saturated carbocycles. The summed E-state index contributed by atoms with van der Waals surface area (Å²) in [7, 11) is 1.36. The summed E-state index contributed by atoms with van der Waals surface area (Å²) in [6.45, 7) is 0.569. The SMILES string of the molecule is COC(=O)N1CCc2cc(NC(=O)CCc3ncc(-c4ccc(Cl)cc4)o3)ccc21. The first-order valence-corrected chi connectivity index (χ1v) is 9.90. The number of nitrogens with one attached hydrogen (secondary N) is 1. The second-order valence-corrected chi connectivity index (χ2v) is 7.32. The van der Waals surface area contributed by atoms with Gasteiger partial charge in [-0.2, -0.15) is 0 Å². The summed E-state index contributed by atoms with van der Waals surface area (Å²) < 4.78 is 10.5. The van der Waals surface area contributed by atoms with Crippen LogP contribution in [0, 0.1) is 0 Å². The van der Waals surface area contributed by atoms with Crippen molar-refractivity contribution < 1.29 is 18.7 Å². The Hall–Kier alpha value is -3.32. The zero-order valence-electron chi connectivity index (χ0n) is 16.4. The van der Waals surface area contributed by atoms with E-state index < -0.39 is 0 Å². The minimum atomic E-state index is -0.380. The molecule has 0 unspecified atom stereocenters. The maximum absolute atomic E-state index is 12.3. The Labute approximate surface area is 178 Å². The van der Waals surface area contributed by atoms with Gasteiger partial charge in [0, 0.05) is 35.7 Å². The smallest absolute Gasteiger partial charge is 0.414 e. The van der Waals surface area contributed by atoms with Crippen LogP contribution in [0.25, 0.3) is 11.3 Å². The summed E-state index contributed by atoms with van der Waals surface area (Å²) in [4.78, 5) is 29.9. The van der Waals surface area contributed by atoms with Crippen molar-refractivity contribution in [2.75, 3.05) is 23.9 Å². The van der Waals surface area contributed by atoms with E-state index in [1.54, 1.807) is 29.3 Å². The van der Waals surface area contributed by atoms with E-state index in [1.165, 1.54) is 7.11 Å². The number of oxazole rings is 1. The first-order chi connectivity index (χ1) is 14.5. The quantitative estimate of drug-likeness (QED) is 0.640. The van der Waals surface area contributed by atoms with Gasteiger partial charge in [-0.1, -0.05) is 11.6 Å². The van der Waals surface area contributed by atoms with Crippen molar-refractivity contribution in [3.63, 3.8) is 0 Å². The number of hydrogen-bond donors (Lipinski definition) is 1. The van der Waals surface area contributed by atoms with Crippen LogP contribution in [0.1, 0.15) is 17.9 Å². The third-order valence-electron chi connectivity index (χ3n) is 4.90. The number of aromatic nitrogens is 1. The van der Waals surface area contributed by atoms with Crippen LogP contribution in [0.2, 0.25) is 5.02 Å². The number of carbonyl (C=O) groups excluding carboxylic acids is 2. The van der Waals surface area contributed by atoms with Gasteiger partial charge in [0.05, 0.1) is 19.0 Å². The molecule has 0 radical (unpaired) electrons. The molecule has 1 N–H and O–H groups in total. The first-order valence-electron chi connectivity index (χ1n) is 9.52. The van der Waals surface area contributed by atoms with Crippen LogP contribution >= 0.6 is 11.6 Å². The topological polar surface area (TPSA) is 84.7 Å². The molecule has 3 aromatic rings. The molecule has 2 aromatic carbocycles. The Balaban J connectivity index is 1.34. The van der Waals surface area contributed by atoms with Crippen LogP contribution in [0.3, 0.4) is 0 Å². The van der Waals surface area contributed by atoms with Crippen molar-refractivity contribution in [3.05, 3.63) is 65.1 Å². The molecule has 7 nitrogen and oxygen atoms in total. The van der Waals surface area contributed by atoms with Crippen molar-refractivity contribution in [2.45, 2.75) is 19.3 Å². The predicted octanol–water partition coefficient (Wildman–Crippen LogP) is 4.70. The second kappa shape index (κ2) is 8.59. The molecule has 4 rings (SSSR count). The summed E-state index contributed by atoms with van der Waals surface area (Å²) in [6.07, 6.45) is 2.61. The van der Waals surface area contributed by atoms with Crippen molar-refractivity contribution in [1.29, 1.82) is 0 Å². The van der Waals surface area contributed by atoms with Gasteiger partial charge in [-0.3, -0.25) is 9.69 Å². The van der Waals surface area contributed by atoms with Gasteiger partial charge in [0.2, 0.25) is 5.91 Å². The van der Waals surface area contributed by atoms with Crippen LogP contribution in [0.15, 0.2) is 53.1 Å². The molecular formula is C22H20ClN3O4. The lowest BCUT2D eigenvalue weighted by atomic mass is 10.1. The fourth-order valence-electron chi connectivity index (χ4n) is 3.40. The van der Waals surface area contributed by atoms with Crippen molar-refractivity contribution >= 4 is 35.0 Å². The summed E-state index contributed by atoms with van der Waals surface area (Å²) in [6, 6.07) is 12.8. The summed E-state index contributed by atoms with van der Waals surface area (Å²) in [5.74, 6) is 0.998. The maximum Gasteiger partial charge on any atom is 0.414 e. The van der Waals surface area contributed by atoms with Gasteiger partial charge in [-0.25, -0.2) is 9.78 Å². The fraction of sp³-hybridized carbons (Fsp3) is 0.227. The van der Waals surface area contributed by atoms with E-state index >= 15 is 0 Å². The number of aryl methyl sites for hydroxylation is 1. The molecule has 1 aliphatic heterocycles. The fourth-order valence-corrected chi connectivity index (χ4v) is 3.52. The number of methoxy groups -OCH3 is 1. The molecule has 0 fully saturated rings. The summed E-state index contributed by atoms with van der Waals surface area (Å²) in [5.41, 5.74) is 3.38. The molecule has 1 aliphatic rings. The molecule has 0 atom stereocenters. The van der Waals surface area contributed by atoms with E-state index in [2.05, 4.69) is 10.3 Å². The van der Waals surface area contributed by atoms with E-state index in [-0.39, 0.29) is 18.4 Å². The highest BCUT2D eigenvalue weighted by Gasteiger charge is 2.25. The third-order valence-corrected chi connectivity index (χ3v) is 5.15. The Morgan fingerprint density at radius 1 is 1.23 bits per heavy atom. The van der Waals surface area contributed by atoms with Crippen LogP contribution in [0.4, 0.5) is 16.2 Å². The maximum atomic E-state index is 12.3. The Morgan fingerprint density at radius 3 is 2.80 bits per heavy atom. The molecule has 0 saturated heterocycles. The van der Waals surface area contributed by atoms with Crippen LogP contribution in [0.5, 0.6) is 0 Å². The minimum Gasteiger partial charge on any atom is -0.452 e. The Bertz CT molecular complexity index is 1080. The number of fused-ring (bicyclic) bond motifs is 1. The Kier molecular flexibility index (Phi) is 5.72. The van der Waals surface area contributed by atoms with Crippen molar-refractivity contribution in [1.82, 2.24) is 4.98 Å². The number of anilines is 2. The monoisotopic (exact) mass is 425 g/mol. The van der Waals surface area contributed by atoms with Gasteiger partial charge in [-0.15, -0.1) is 0 Å². The average molecular weight is 426 g/mol. The van der Waals surface area contributed by atoms with Gasteiger partial charge in [0.15, 0.2) is 11.7 Å². The van der Waals surface area contributed by atoms with Gasteiger partial charge < -0.3 is 14.5 Å². The van der Waals surface area contributed by atoms with E-state index in [0.29, 0.717) is 35.3 Å². The van der Waals surface area contributed by atoms with Gasteiger partial charge in [-0.05, 0) is 54.4 Å². The molecule has 0 spiro atoms. The van der Waals surface area contributed by atoms with E-state index in [0.717, 1.165) is 23.2 Å². The summed E-state index contributed by atoms with van der Waals surface area (Å²) >= 11 is 5.90. The van der Waals surface area contributed by atoms with Gasteiger partial charge in [0.1, 0.15) is 0 Å². The molecule has 154 valence electrons. The number of halogens is 1. The molecule has 30 heavy (non-hydrogen) atoms. The largest absolute Gasteiger partial charge is 0.452 e. The Morgan fingerprint density at radius 2 is 2.03 bits per heavy atom. The zero-order chi connectivity index (χ0) is 21.1. The summed E-state index contributed by atoms with van der Waals surface area (Å²) in [5, 5.41) is 3.54. The lowest BCUT2D eigenvalue weighted by Crippen LogP contribution is -2.28. The lowest BCUT2D eigenvalue weighted by molar-refractivity contribution is -0.116. The normalized spacial score (nSPS) is 12.5. The highest BCUT2D eigenvalue weighted by Crippen LogP contribution is 2.31. The first kappa shape index (κ1) is 20.0. The number of rotatable bonds is 5. The highest BCUT2D eigenvalue weighted by atomic mass is 35.5. The van der Waals surface area contributed by atoms with Crippen LogP contribution < -0.4 is 10.2 Å². The molecule has 0 aliphatic carbocycles. The lowest BCUT2D eigenvalue weighted by Gasteiger charge is -2.15. The number of amides is 2. The van der Waals surface area contributed by atoms with E-state index in [9.17, 15) is 9.59 Å². The number of nitrogens with zero attached hydrogens (tertiary/aromatic N) is 2.